The van der Waals surface area contributed by atoms with Gasteiger partial charge >= 0.3 is 0 Å². The Kier molecular flexibility index (Phi) is 5.01. The van der Waals surface area contributed by atoms with Gasteiger partial charge < -0.3 is 10.5 Å². The summed E-state index contributed by atoms with van der Waals surface area (Å²) in [6.45, 7) is 3.64. The van der Waals surface area contributed by atoms with Gasteiger partial charge in [0.1, 0.15) is 34.7 Å². The van der Waals surface area contributed by atoms with Crippen LogP contribution in [0.25, 0.3) is 33.1 Å². The van der Waals surface area contributed by atoms with E-state index in [4.69, 9.17) is 22.1 Å². The lowest BCUT2D eigenvalue weighted by Gasteiger charge is -2.18. The van der Waals surface area contributed by atoms with Gasteiger partial charge in [-0.05, 0) is 19.9 Å². The molecule has 0 aliphatic heterocycles. The van der Waals surface area contributed by atoms with Crippen LogP contribution < -0.4 is 10.5 Å². The summed E-state index contributed by atoms with van der Waals surface area (Å²) in [5, 5.41) is 5.10. The number of nitrogens with two attached hydrogens (primary N) is 1. The molecule has 5 aromatic rings. The Hall–Kier alpha value is -3.92. The third-order valence-electron chi connectivity index (χ3n) is 5.30. The summed E-state index contributed by atoms with van der Waals surface area (Å²) in [5.41, 5.74) is 9.41. The molecule has 2 N–H and O–H groups in total. The van der Waals surface area contributed by atoms with Crippen molar-refractivity contribution in [2.24, 2.45) is 7.05 Å². The summed E-state index contributed by atoms with van der Waals surface area (Å²) < 4.78 is 23.2. The van der Waals surface area contributed by atoms with Crippen molar-refractivity contribution in [3.05, 3.63) is 59.4 Å². The van der Waals surface area contributed by atoms with Crippen LogP contribution in [-0.4, -0.2) is 34.7 Å². The summed E-state index contributed by atoms with van der Waals surface area (Å²) in [6.07, 6.45) is 5.31. The van der Waals surface area contributed by atoms with Gasteiger partial charge in [0.05, 0.1) is 27.8 Å². The molecule has 4 aromatic heterocycles. The first-order valence-electron chi connectivity index (χ1n) is 10.00. The minimum atomic E-state index is -0.616. The van der Waals surface area contributed by atoms with Crippen molar-refractivity contribution in [2.45, 2.75) is 20.0 Å². The van der Waals surface area contributed by atoms with E-state index in [0.29, 0.717) is 21.8 Å². The highest BCUT2D eigenvalue weighted by molar-refractivity contribution is 6.30. The van der Waals surface area contributed by atoms with Crippen LogP contribution in [0.15, 0.2) is 37.1 Å². The zero-order valence-electron chi connectivity index (χ0n) is 17.9. The molecule has 0 aliphatic carbocycles. The number of anilines is 1. The van der Waals surface area contributed by atoms with Crippen LogP contribution >= 0.6 is 11.6 Å². The molecule has 33 heavy (non-hydrogen) atoms. The molecule has 0 spiro atoms. The number of hydrogen-bond acceptors (Lipinski definition) is 8. The average Bonchev–Trinajstić information content (AvgIpc) is 3.06. The topological polar surface area (TPSA) is 118 Å². The van der Waals surface area contributed by atoms with Crippen LogP contribution in [0.4, 0.5) is 10.2 Å². The normalized spacial score (nSPS) is 12.4. The summed E-state index contributed by atoms with van der Waals surface area (Å²) in [4.78, 5) is 21.4. The van der Waals surface area contributed by atoms with Crippen molar-refractivity contribution in [3.8, 4) is 16.9 Å². The lowest BCUT2D eigenvalue weighted by Crippen LogP contribution is -2.10. The SMILES string of the molecule is Cc1nn(C)c2cnc([C@@H](C)Oc3cc(F)c(-c4cncc(Cl)c4)c4ncnc(N)c34)nc12. The van der Waals surface area contributed by atoms with Gasteiger partial charge in [-0.2, -0.15) is 5.10 Å². The van der Waals surface area contributed by atoms with Gasteiger partial charge in [-0.3, -0.25) is 9.67 Å². The molecule has 0 radical (unpaired) electrons. The molecule has 0 bridgehead atoms. The first-order chi connectivity index (χ1) is 15.8. The number of aromatic nitrogens is 7. The van der Waals surface area contributed by atoms with Crippen LogP contribution in [0.1, 0.15) is 24.5 Å². The molecule has 0 saturated carbocycles. The smallest absolute Gasteiger partial charge is 0.169 e. The largest absolute Gasteiger partial charge is 0.482 e. The third kappa shape index (κ3) is 3.58. The molecule has 0 unspecified atom stereocenters. The zero-order chi connectivity index (χ0) is 23.3. The number of pyridine rings is 1. The predicted molar refractivity (Wildman–Crippen MR) is 122 cm³/mol. The van der Waals surface area contributed by atoms with E-state index in [1.807, 2.05) is 14.0 Å². The second-order valence-electron chi connectivity index (χ2n) is 7.54. The predicted octanol–water partition coefficient (Wildman–Crippen LogP) is 4.19. The van der Waals surface area contributed by atoms with Gasteiger partial charge in [-0.25, -0.2) is 24.3 Å². The van der Waals surface area contributed by atoms with Crippen LogP contribution in [0.5, 0.6) is 5.75 Å². The Bertz CT molecular complexity index is 1540. The van der Waals surface area contributed by atoms with Crippen LogP contribution in [0.3, 0.4) is 0 Å². The standard InChI is InChI=1S/C22H18ClFN8O/c1-10-19-15(32(3)31-10)8-27-22(30-19)11(2)33-16-5-14(24)17(12-4-13(23)7-26-6-12)20-18(16)21(25)29-9-28-20/h4-9,11H,1-3H3,(H2,25,28,29)/t11-/m1/s1. The summed E-state index contributed by atoms with van der Waals surface area (Å²) >= 11 is 6.06. The summed E-state index contributed by atoms with van der Waals surface area (Å²) in [5.74, 6) is 0.188. The zero-order valence-corrected chi connectivity index (χ0v) is 18.7. The van der Waals surface area contributed by atoms with Crippen LogP contribution in [-0.2, 0) is 7.05 Å². The molecule has 4 heterocycles. The quantitative estimate of drug-likeness (QED) is 0.420. The van der Waals surface area contributed by atoms with E-state index >= 15 is 4.39 Å². The highest BCUT2D eigenvalue weighted by Gasteiger charge is 2.22. The van der Waals surface area contributed by atoms with Crippen molar-refractivity contribution >= 4 is 39.4 Å². The highest BCUT2D eigenvalue weighted by Crippen LogP contribution is 2.39. The lowest BCUT2D eigenvalue weighted by atomic mass is 10.0. The van der Waals surface area contributed by atoms with Crippen molar-refractivity contribution in [2.75, 3.05) is 5.73 Å². The number of ether oxygens (including phenoxy) is 1. The molecule has 11 heteroatoms. The maximum Gasteiger partial charge on any atom is 0.169 e. The van der Waals surface area contributed by atoms with Crippen molar-refractivity contribution < 1.29 is 9.13 Å². The minimum Gasteiger partial charge on any atom is -0.482 e. The van der Waals surface area contributed by atoms with Crippen molar-refractivity contribution in [1.29, 1.82) is 0 Å². The Labute approximate surface area is 192 Å². The number of halogens is 2. The number of nitrogen functional groups attached to an aromatic ring is 1. The second kappa shape index (κ2) is 7.89. The number of hydrogen-bond donors (Lipinski definition) is 1. The summed E-state index contributed by atoms with van der Waals surface area (Å²) in [6, 6.07) is 2.86. The monoisotopic (exact) mass is 464 g/mol. The van der Waals surface area contributed by atoms with Crippen molar-refractivity contribution in [3.63, 3.8) is 0 Å². The van der Waals surface area contributed by atoms with Gasteiger partial charge in [-0.1, -0.05) is 11.6 Å². The number of fused-ring (bicyclic) bond motifs is 2. The van der Waals surface area contributed by atoms with E-state index in [1.54, 1.807) is 23.9 Å². The Balaban J connectivity index is 1.62. The van der Waals surface area contributed by atoms with E-state index in [1.165, 1.54) is 24.8 Å². The van der Waals surface area contributed by atoms with E-state index < -0.39 is 11.9 Å². The fraction of sp³-hybridized carbons (Fsp3) is 0.182. The molecule has 166 valence electrons. The first-order valence-corrected chi connectivity index (χ1v) is 10.4. The molecular formula is C22H18ClFN8O. The molecule has 0 saturated heterocycles. The Morgan fingerprint density at radius 2 is 1.94 bits per heavy atom. The van der Waals surface area contributed by atoms with Crippen LogP contribution in [0, 0.1) is 12.7 Å². The molecule has 9 nitrogen and oxygen atoms in total. The van der Waals surface area contributed by atoms with Gasteiger partial charge in [0.25, 0.3) is 0 Å². The van der Waals surface area contributed by atoms with Gasteiger partial charge in [0.2, 0.25) is 0 Å². The molecule has 0 aliphatic rings. The average molecular weight is 465 g/mol. The van der Waals surface area contributed by atoms with E-state index in [2.05, 4.69) is 30.0 Å². The maximum absolute atomic E-state index is 15.4. The molecule has 1 aromatic carbocycles. The lowest BCUT2D eigenvalue weighted by molar-refractivity contribution is 0.219. The van der Waals surface area contributed by atoms with Crippen LogP contribution in [0.2, 0.25) is 5.02 Å². The molecular weight excluding hydrogens is 447 g/mol. The molecule has 5 rings (SSSR count). The molecule has 1 atom stereocenters. The Morgan fingerprint density at radius 3 is 2.73 bits per heavy atom. The minimum absolute atomic E-state index is 0.151. The van der Waals surface area contributed by atoms with Crippen molar-refractivity contribution in [1.82, 2.24) is 34.7 Å². The number of aryl methyl sites for hydroxylation is 2. The third-order valence-corrected chi connectivity index (χ3v) is 5.50. The van der Waals surface area contributed by atoms with Gasteiger partial charge in [0.15, 0.2) is 11.9 Å². The van der Waals surface area contributed by atoms with Gasteiger partial charge in [-0.15, -0.1) is 0 Å². The van der Waals surface area contributed by atoms with Gasteiger partial charge in [0, 0.05) is 36.6 Å². The van der Waals surface area contributed by atoms with E-state index in [9.17, 15) is 0 Å². The fourth-order valence-electron chi connectivity index (χ4n) is 3.78. The number of benzene rings is 1. The molecule has 0 fully saturated rings. The summed E-state index contributed by atoms with van der Waals surface area (Å²) in [7, 11) is 1.83. The maximum atomic E-state index is 15.4. The second-order valence-corrected chi connectivity index (χ2v) is 7.97. The Morgan fingerprint density at radius 1 is 1.12 bits per heavy atom. The highest BCUT2D eigenvalue weighted by atomic mass is 35.5. The van der Waals surface area contributed by atoms with E-state index in [0.717, 1.165) is 16.7 Å². The first kappa shape index (κ1) is 21.0. The van der Waals surface area contributed by atoms with E-state index in [-0.39, 0.29) is 22.6 Å². The number of nitrogens with zero attached hydrogens (tertiary/aromatic N) is 7. The number of rotatable bonds is 4. The molecule has 0 amide bonds. The fourth-order valence-corrected chi connectivity index (χ4v) is 3.95.